The zero-order valence-corrected chi connectivity index (χ0v) is 16.2. The van der Waals surface area contributed by atoms with E-state index < -0.39 is 0 Å². The van der Waals surface area contributed by atoms with Crippen molar-refractivity contribution in [2.75, 3.05) is 16.8 Å². The van der Waals surface area contributed by atoms with Gasteiger partial charge >= 0.3 is 0 Å². The van der Waals surface area contributed by atoms with E-state index in [4.69, 9.17) is 0 Å². The van der Waals surface area contributed by atoms with Crippen molar-refractivity contribution in [3.63, 3.8) is 0 Å². The van der Waals surface area contributed by atoms with Gasteiger partial charge in [0, 0.05) is 17.9 Å². The number of hydrogen-bond acceptors (Lipinski definition) is 4. The van der Waals surface area contributed by atoms with Crippen LogP contribution in [0.4, 0.5) is 17.2 Å². The maximum atomic E-state index is 12.6. The van der Waals surface area contributed by atoms with Crippen molar-refractivity contribution in [3.05, 3.63) is 77.2 Å². The number of hydrogen-bond donors (Lipinski definition) is 1. The third kappa shape index (κ3) is 4.14. The Morgan fingerprint density at radius 3 is 2.30 bits per heavy atom. The van der Waals surface area contributed by atoms with E-state index in [0.717, 1.165) is 29.0 Å². The molecule has 138 valence electrons. The van der Waals surface area contributed by atoms with Crippen molar-refractivity contribution in [1.29, 1.82) is 0 Å². The molecule has 0 saturated heterocycles. The lowest BCUT2D eigenvalue weighted by molar-refractivity contribution is 0.102. The van der Waals surface area contributed by atoms with Crippen LogP contribution >= 0.6 is 0 Å². The summed E-state index contributed by atoms with van der Waals surface area (Å²) < 4.78 is 0. The average Bonchev–Trinajstić information content (AvgIpc) is 2.66. The van der Waals surface area contributed by atoms with Crippen molar-refractivity contribution in [1.82, 2.24) is 9.97 Å². The molecule has 0 spiro atoms. The Morgan fingerprint density at radius 1 is 1.00 bits per heavy atom. The molecule has 2 aromatic carbocycles. The molecule has 0 radical (unpaired) electrons. The summed E-state index contributed by atoms with van der Waals surface area (Å²) in [6.45, 7) is 8.82. The molecule has 3 aromatic rings. The Hall–Kier alpha value is -3.21. The van der Waals surface area contributed by atoms with Crippen LogP contribution in [0.5, 0.6) is 0 Å². The van der Waals surface area contributed by atoms with Gasteiger partial charge in [0.05, 0.1) is 12.4 Å². The van der Waals surface area contributed by atoms with Gasteiger partial charge in [-0.25, -0.2) is 9.97 Å². The number of amides is 1. The number of nitrogens with one attached hydrogen (secondary N) is 1. The molecule has 5 heteroatoms. The molecule has 0 aliphatic heterocycles. The largest absolute Gasteiger partial charge is 0.325 e. The molecule has 1 aromatic heterocycles. The zero-order valence-electron chi connectivity index (χ0n) is 16.2. The quantitative estimate of drug-likeness (QED) is 0.709. The van der Waals surface area contributed by atoms with Crippen molar-refractivity contribution < 1.29 is 4.79 Å². The van der Waals surface area contributed by atoms with Gasteiger partial charge in [-0.05, 0) is 56.5 Å². The van der Waals surface area contributed by atoms with Crippen LogP contribution in [-0.2, 0) is 0 Å². The molecule has 0 bridgehead atoms. The summed E-state index contributed by atoms with van der Waals surface area (Å²) in [6, 6.07) is 14.1. The number of aryl methyl sites for hydroxylation is 3. The summed E-state index contributed by atoms with van der Waals surface area (Å²) in [5.41, 5.74) is 5.39. The fourth-order valence-corrected chi connectivity index (χ4v) is 3.04. The Morgan fingerprint density at radius 2 is 1.70 bits per heavy atom. The molecular weight excluding hydrogens is 336 g/mol. The highest BCUT2D eigenvalue weighted by Gasteiger charge is 2.14. The van der Waals surface area contributed by atoms with Gasteiger partial charge in [0.2, 0.25) is 0 Å². The number of benzene rings is 2. The monoisotopic (exact) mass is 360 g/mol. The molecule has 3 rings (SSSR count). The molecular formula is C22H24N4O. The normalized spacial score (nSPS) is 10.5. The first-order valence-corrected chi connectivity index (χ1v) is 9.03. The van der Waals surface area contributed by atoms with Crippen molar-refractivity contribution in [3.8, 4) is 0 Å². The molecule has 1 amide bonds. The predicted octanol–water partition coefficient (Wildman–Crippen LogP) is 4.81. The summed E-state index contributed by atoms with van der Waals surface area (Å²) in [5.74, 6) is 0.455. The Balaban J connectivity index is 1.81. The number of anilines is 3. The fourth-order valence-electron chi connectivity index (χ4n) is 3.04. The second-order valence-corrected chi connectivity index (χ2v) is 6.56. The molecule has 0 saturated carbocycles. The van der Waals surface area contributed by atoms with Crippen LogP contribution in [0, 0.1) is 20.8 Å². The molecule has 0 aliphatic carbocycles. The van der Waals surface area contributed by atoms with Gasteiger partial charge < -0.3 is 10.2 Å². The highest BCUT2D eigenvalue weighted by molar-refractivity contribution is 6.03. The SMILES string of the molecule is CCN(c1cccc(C)c1)c1cnc(C(=O)Nc2c(C)cccc2C)cn1. The van der Waals surface area contributed by atoms with Gasteiger partial charge in [-0.15, -0.1) is 0 Å². The van der Waals surface area contributed by atoms with E-state index in [0.29, 0.717) is 11.5 Å². The highest BCUT2D eigenvalue weighted by Crippen LogP contribution is 2.24. The lowest BCUT2D eigenvalue weighted by atomic mass is 10.1. The van der Waals surface area contributed by atoms with Crippen LogP contribution < -0.4 is 10.2 Å². The van der Waals surface area contributed by atoms with Crippen LogP contribution in [0.15, 0.2) is 54.9 Å². The minimum Gasteiger partial charge on any atom is -0.325 e. The van der Waals surface area contributed by atoms with Gasteiger partial charge in [0.25, 0.3) is 5.91 Å². The fraction of sp³-hybridized carbons (Fsp3) is 0.227. The zero-order chi connectivity index (χ0) is 19.4. The molecule has 0 fully saturated rings. The van der Waals surface area contributed by atoms with Gasteiger partial charge in [0.15, 0.2) is 5.82 Å². The molecule has 5 nitrogen and oxygen atoms in total. The van der Waals surface area contributed by atoms with Gasteiger partial charge in [-0.1, -0.05) is 30.3 Å². The topological polar surface area (TPSA) is 58.1 Å². The van der Waals surface area contributed by atoms with Crippen LogP contribution in [0.3, 0.4) is 0 Å². The van der Waals surface area contributed by atoms with Crippen molar-refractivity contribution in [2.24, 2.45) is 0 Å². The van der Waals surface area contributed by atoms with Gasteiger partial charge in [0.1, 0.15) is 5.69 Å². The van der Waals surface area contributed by atoms with Crippen LogP contribution in [-0.4, -0.2) is 22.4 Å². The number of carbonyl (C=O) groups is 1. The summed E-state index contributed by atoms with van der Waals surface area (Å²) >= 11 is 0. The first kappa shape index (κ1) is 18.6. The first-order valence-electron chi connectivity index (χ1n) is 9.03. The molecule has 1 heterocycles. The molecule has 0 aliphatic rings. The van der Waals surface area contributed by atoms with Crippen molar-refractivity contribution >= 4 is 23.1 Å². The predicted molar refractivity (Wildman–Crippen MR) is 110 cm³/mol. The Kier molecular flexibility index (Phi) is 5.50. The van der Waals surface area contributed by atoms with Crippen LogP contribution in [0.25, 0.3) is 0 Å². The molecule has 0 unspecified atom stereocenters. The minimum atomic E-state index is -0.259. The lowest BCUT2D eigenvalue weighted by Crippen LogP contribution is -2.20. The van der Waals surface area contributed by atoms with Gasteiger partial charge in [-0.3, -0.25) is 4.79 Å². The van der Waals surface area contributed by atoms with E-state index in [-0.39, 0.29) is 5.91 Å². The number of nitrogens with zero attached hydrogens (tertiary/aromatic N) is 3. The standard InChI is InChI=1S/C22H24N4O/c1-5-26(18-11-6-8-15(2)12-18)20-14-23-19(13-24-20)22(27)25-21-16(3)9-7-10-17(21)4/h6-14H,5H2,1-4H3,(H,25,27). The smallest absolute Gasteiger partial charge is 0.275 e. The summed E-state index contributed by atoms with van der Waals surface area (Å²) in [5, 5.41) is 2.94. The number of para-hydroxylation sites is 1. The average molecular weight is 360 g/mol. The van der Waals surface area contributed by atoms with Crippen molar-refractivity contribution in [2.45, 2.75) is 27.7 Å². The van der Waals surface area contributed by atoms with E-state index in [2.05, 4.69) is 46.2 Å². The van der Waals surface area contributed by atoms with Crippen LogP contribution in [0.1, 0.15) is 34.1 Å². The molecule has 0 atom stereocenters. The van der Waals surface area contributed by atoms with E-state index in [1.165, 1.54) is 11.8 Å². The van der Waals surface area contributed by atoms with Gasteiger partial charge in [-0.2, -0.15) is 0 Å². The lowest BCUT2D eigenvalue weighted by Gasteiger charge is -2.22. The first-order chi connectivity index (χ1) is 13.0. The number of carbonyl (C=O) groups excluding carboxylic acids is 1. The maximum Gasteiger partial charge on any atom is 0.275 e. The van der Waals surface area contributed by atoms with E-state index in [1.807, 2.05) is 44.2 Å². The van der Waals surface area contributed by atoms with Crippen LogP contribution in [0.2, 0.25) is 0 Å². The maximum absolute atomic E-state index is 12.6. The minimum absolute atomic E-state index is 0.259. The van der Waals surface area contributed by atoms with E-state index >= 15 is 0 Å². The summed E-state index contributed by atoms with van der Waals surface area (Å²) in [4.78, 5) is 23.4. The second kappa shape index (κ2) is 7.99. The molecule has 27 heavy (non-hydrogen) atoms. The second-order valence-electron chi connectivity index (χ2n) is 6.56. The Bertz CT molecular complexity index is 931. The third-order valence-corrected chi connectivity index (χ3v) is 4.50. The summed E-state index contributed by atoms with van der Waals surface area (Å²) in [7, 11) is 0. The number of aromatic nitrogens is 2. The summed E-state index contributed by atoms with van der Waals surface area (Å²) in [6.07, 6.45) is 3.17. The Labute approximate surface area is 160 Å². The van der Waals surface area contributed by atoms with E-state index in [9.17, 15) is 4.79 Å². The third-order valence-electron chi connectivity index (χ3n) is 4.50. The highest BCUT2D eigenvalue weighted by atomic mass is 16.1. The molecule has 1 N–H and O–H groups in total. The van der Waals surface area contributed by atoms with E-state index in [1.54, 1.807) is 6.20 Å². The number of rotatable bonds is 5.